The quantitative estimate of drug-likeness (QED) is 0.316. The largest absolute Gasteiger partial charge is 0.475 e. The van der Waals surface area contributed by atoms with Crippen LogP contribution in [0, 0.1) is 16.0 Å². The van der Waals surface area contributed by atoms with Gasteiger partial charge < -0.3 is 24.8 Å². The molecule has 1 aromatic rings. The Morgan fingerprint density at radius 3 is 2.69 bits per heavy atom. The van der Waals surface area contributed by atoms with Crippen molar-refractivity contribution in [2.75, 3.05) is 25.1 Å². The van der Waals surface area contributed by atoms with Gasteiger partial charge in [0.25, 0.3) is 0 Å². The van der Waals surface area contributed by atoms with Crippen LogP contribution in [0.5, 0.6) is 5.88 Å². The number of nitrogens with zero attached hydrogens (tertiary/aromatic N) is 2. The highest BCUT2D eigenvalue weighted by Gasteiger charge is 2.28. The van der Waals surface area contributed by atoms with E-state index in [9.17, 15) is 14.9 Å². The maximum atomic E-state index is 12.2. The Labute approximate surface area is 188 Å². The maximum absolute atomic E-state index is 12.2. The molecule has 10 nitrogen and oxygen atoms in total. The van der Waals surface area contributed by atoms with E-state index in [2.05, 4.69) is 15.6 Å². The first-order valence-corrected chi connectivity index (χ1v) is 11.5. The second-order valence-corrected chi connectivity index (χ2v) is 8.67. The van der Waals surface area contributed by atoms with Crippen molar-refractivity contribution in [1.29, 1.82) is 0 Å². The minimum Gasteiger partial charge on any atom is -0.475 e. The first kappa shape index (κ1) is 24.2. The lowest BCUT2D eigenvalue weighted by atomic mass is 9.85. The number of nitrogens with one attached hydrogen (secondary N) is 2. The highest BCUT2D eigenvalue weighted by Crippen LogP contribution is 2.32. The Hall–Kier alpha value is -2.46. The van der Waals surface area contributed by atoms with Crippen LogP contribution in [-0.4, -0.2) is 54.0 Å². The first-order chi connectivity index (χ1) is 15.4. The van der Waals surface area contributed by atoms with Gasteiger partial charge in [0, 0.05) is 30.7 Å². The van der Waals surface area contributed by atoms with E-state index in [-0.39, 0.29) is 42.5 Å². The summed E-state index contributed by atoms with van der Waals surface area (Å²) in [6.45, 7) is 5.25. The summed E-state index contributed by atoms with van der Waals surface area (Å²) in [6.07, 6.45) is 7.09. The Morgan fingerprint density at radius 1 is 1.25 bits per heavy atom. The molecule has 1 aromatic heterocycles. The summed E-state index contributed by atoms with van der Waals surface area (Å²) < 4.78 is 16.8. The average molecular weight is 451 g/mol. The molecule has 1 saturated heterocycles. The molecule has 1 atom stereocenters. The van der Waals surface area contributed by atoms with Crippen LogP contribution in [0.25, 0.3) is 0 Å². The third-order valence-corrected chi connectivity index (χ3v) is 5.72. The molecule has 2 fully saturated rings. The van der Waals surface area contributed by atoms with E-state index in [0.717, 1.165) is 51.6 Å². The highest BCUT2D eigenvalue weighted by molar-refractivity contribution is 5.79. The monoisotopic (exact) mass is 450 g/mol. The van der Waals surface area contributed by atoms with Gasteiger partial charge in [-0.25, -0.2) is 4.98 Å². The molecule has 1 unspecified atom stereocenters. The average Bonchev–Trinajstić information content (AvgIpc) is 2.77. The van der Waals surface area contributed by atoms with Crippen molar-refractivity contribution in [3.05, 3.63) is 22.4 Å². The number of pyridine rings is 1. The molecular formula is C22H34N4O6. The van der Waals surface area contributed by atoms with E-state index in [1.54, 1.807) is 6.07 Å². The molecule has 0 spiro atoms. The second-order valence-electron chi connectivity index (χ2n) is 8.67. The van der Waals surface area contributed by atoms with Gasteiger partial charge in [-0.15, -0.1) is 0 Å². The molecule has 32 heavy (non-hydrogen) atoms. The zero-order valence-corrected chi connectivity index (χ0v) is 18.9. The fraction of sp³-hybridized carbons (Fsp3) is 0.727. The fourth-order valence-electron chi connectivity index (χ4n) is 4.06. The van der Waals surface area contributed by atoms with E-state index in [1.165, 1.54) is 6.20 Å². The maximum Gasteiger partial charge on any atom is 0.310 e. The predicted molar refractivity (Wildman–Crippen MR) is 119 cm³/mol. The first-order valence-electron chi connectivity index (χ1n) is 11.5. The minimum atomic E-state index is -0.454. The standard InChI is InChI=1S/C22H34N4O6/c1-15(2)24-22(27)16-6-8-17(9-7-16)25-18-13-20(23-14-19(18)26(28)29)30-11-12-32-21-5-3-4-10-31-21/h13-17,21H,3-12H2,1-2H3,(H,23,25)(H,24,27)/t16-,17+,21?. The minimum absolute atomic E-state index is 0.00471. The van der Waals surface area contributed by atoms with E-state index >= 15 is 0 Å². The van der Waals surface area contributed by atoms with Crippen molar-refractivity contribution in [2.45, 2.75) is 77.2 Å². The van der Waals surface area contributed by atoms with Crippen LogP contribution >= 0.6 is 0 Å². The summed E-state index contributed by atoms with van der Waals surface area (Å²) in [6, 6.07) is 1.74. The van der Waals surface area contributed by atoms with Crippen LogP contribution in [0.15, 0.2) is 12.3 Å². The molecule has 1 amide bonds. The number of hydrogen-bond donors (Lipinski definition) is 2. The van der Waals surface area contributed by atoms with Gasteiger partial charge in [-0.1, -0.05) is 0 Å². The number of hydrogen-bond acceptors (Lipinski definition) is 8. The Morgan fingerprint density at radius 2 is 2.03 bits per heavy atom. The molecule has 0 aromatic carbocycles. The zero-order chi connectivity index (χ0) is 22.9. The van der Waals surface area contributed by atoms with Crippen LogP contribution in [0.3, 0.4) is 0 Å². The number of carbonyl (C=O) groups excluding carboxylic acids is 1. The van der Waals surface area contributed by atoms with Crippen molar-refractivity contribution in [2.24, 2.45) is 5.92 Å². The van der Waals surface area contributed by atoms with Gasteiger partial charge in [0.2, 0.25) is 11.8 Å². The van der Waals surface area contributed by atoms with Gasteiger partial charge in [-0.05, 0) is 58.8 Å². The number of carbonyl (C=O) groups is 1. The van der Waals surface area contributed by atoms with Crippen molar-refractivity contribution >= 4 is 17.3 Å². The number of ether oxygens (including phenoxy) is 3. The topological polar surface area (TPSA) is 125 Å². The molecule has 1 aliphatic carbocycles. The molecule has 0 bridgehead atoms. The molecule has 0 radical (unpaired) electrons. The summed E-state index contributed by atoms with van der Waals surface area (Å²) in [5, 5.41) is 17.7. The second kappa shape index (κ2) is 12.0. The molecule has 2 aliphatic rings. The molecule has 2 N–H and O–H groups in total. The van der Waals surface area contributed by atoms with Crippen molar-refractivity contribution in [1.82, 2.24) is 10.3 Å². The van der Waals surface area contributed by atoms with Crippen LogP contribution < -0.4 is 15.4 Å². The Bertz CT molecular complexity index is 761. The van der Waals surface area contributed by atoms with E-state index in [1.807, 2.05) is 13.8 Å². The smallest absolute Gasteiger partial charge is 0.310 e. The molecule has 2 heterocycles. The van der Waals surface area contributed by atoms with Crippen LogP contribution in [-0.2, 0) is 14.3 Å². The third kappa shape index (κ3) is 7.30. The lowest BCUT2D eigenvalue weighted by Gasteiger charge is -2.29. The molecular weight excluding hydrogens is 416 g/mol. The number of amides is 1. The van der Waals surface area contributed by atoms with Gasteiger partial charge in [0.05, 0.1) is 11.5 Å². The SMILES string of the molecule is CC(C)NC(=O)[C@H]1CC[C@@H](Nc2cc(OCCOC3CCCCO3)ncc2[N+](=O)[O-])CC1. The van der Waals surface area contributed by atoms with Crippen molar-refractivity contribution < 1.29 is 23.9 Å². The summed E-state index contributed by atoms with van der Waals surface area (Å²) in [5.41, 5.74) is 0.287. The van der Waals surface area contributed by atoms with Gasteiger partial charge in [0.15, 0.2) is 6.29 Å². The normalized spacial score (nSPS) is 23.5. The molecule has 3 rings (SSSR count). The fourth-order valence-corrected chi connectivity index (χ4v) is 4.06. The van der Waals surface area contributed by atoms with Gasteiger partial charge in [-0.2, -0.15) is 0 Å². The summed E-state index contributed by atoms with van der Waals surface area (Å²) in [5.74, 6) is 0.385. The highest BCUT2D eigenvalue weighted by atomic mass is 16.7. The van der Waals surface area contributed by atoms with Gasteiger partial charge in [-0.3, -0.25) is 14.9 Å². The van der Waals surface area contributed by atoms with Crippen LogP contribution in [0.4, 0.5) is 11.4 Å². The van der Waals surface area contributed by atoms with E-state index in [0.29, 0.717) is 18.2 Å². The Kier molecular flexibility index (Phi) is 9.04. The molecule has 178 valence electrons. The lowest BCUT2D eigenvalue weighted by Crippen LogP contribution is -2.38. The number of anilines is 1. The van der Waals surface area contributed by atoms with E-state index in [4.69, 9.17) is 14.2 Å². The van der Waals surface area contributed by atoms with E-state index < -0.39 is 4.92 Å². The van der Waals surface area contributed by atoms with Gasteiger partial charge >= 0.3 is 5.69 Å². The summed E-state index contributed by atoms with van der Waals surface area (Å²) in [7, 11) is 0. The van der Waals surface area contributed by atoms with Gasteiger partial charge in [0.1, 0.15) is 18.5 Å². The Balaban J connectivity index is 1.51. The summed E-state index contributed by atoms with van der Waals surface area (Å²) in [4.78, 5) is 27.3. The summed E-state index contributed by atoms with van der Waals surface area (Å²) >= 11 is 0. The molecule has 1 saturated carbocycles. The molecule has 10 heteroatoms. The van der Waals surface area contributed by atoms with Crippen LogP contribution in [0.1, 0.15) is 58.8 Å². The number of rotatable bonds is 10. The van der Waals surface area contributed by atoms with Crippen molar-refractivity contribution in [3.8, 4) is 5.88 Å². The lowest BCUT2D eigenvalue weighted by molar-refractivity contribution is -0.384. The molecule has 1 aliphatic heterocycles. The number of aromatic nitrogens is 1. The third-order valence-electron chi connectivity index (χ3n) is 5.72. The van der Waals surface area contributed by atoms with Crippen LogP contribution in [0.2, 0.25) is 0 Å². The predicted octanol–water partition coefficient (Wildman–Crippen LogP) is 3.41. The zero-order valence-electron chi connectivity index (χ0n) is 18.9. The number of nitro groups is 1. The van der Waals surface area contributed by atoms with Crippen molar-refractivity contribution in [3.63, 3.8) is 0 Å².